The van der Waals surface area contributed by atoms with Crippen LogP contribution in [0.3, 0.4) is 0 Å². The number of hydrogen-bond acceptors (Lipinski definition) is 6. The Labute approximate surface area is 225 Å². The van der Waals surface area contributed by atoms with E-state index in [1.807, 2.05) is 0 Å². The predicted molar refractivity (Wildman–Crippen MR) is 147 cm³/mol. The number of unbranched alkanes of at least 4 members (excludes halogenated alkanes) is 17. The van der Waals surface area contributed by atoms with E-state index in [1.165, 1.54) is 77.0 Å². The molecule has 0 aromatic rings. The van der Waals surface area contributed by atoms with E-state index in [0.717, 1.165) is 38.5 Å². The lowest BCUT2D eigenvalue weighted by Gasteiger charge is -2.18. The Hall–Kier alpha value is -0.950. The molecule has 0 fully saturated rings. The smallest absolute Gasteiger partial charge is 0.462 e. The first-order valence-electron chi connectivity index (χ1n) is 14.8. The summed E-state index contributed by atoms with van der Waals surface area (Å²) >= 11 is 0. The Kier molecular flexibility index (Phi) is 24.7. The van der Waals surface area contributed by atoms with Crippen molar-refractivity contribution < 1.29 is 37.9 Å². The minimum absolute atomic E-state index is 0.218. The third-order valence-corrected chi connectivity index (χ3v) is 6.86. The molecule has 0 rings (SSSR count). The largest absolute Gasteiger partial charge is 0.469 e. The minimum atomic E-state index is -4.73. The quantitative estimate of drug-likeness (QED) is 0.0604. The number of phosphoric acid groups is 1. The zero-order valence-corrected chi connectivity index (χ0v) is 24.5. The van der Waals surface area contributed by atoms with Gasteiger partial charge in [0.05, 0.1) is 6.61 Å². The van der Waals surface area contributed by atoms with E-state index in [-0.39, 0.29) is 19.4 Å². The van der Waals surface area contributed by atoms with Crippen molar-refractivity contribution >= 4 is 19.8 Å². The first kappa shape index (κ1) is 36.0. The summed E-state index contributed by atoms with van der Waals surface area (Å²) in [6.07, 6.45) is 21.3. The molecule has 0 saturated carbocycles. The summed E-state index contributed by atoms with van der Waals surface area (Å²) < 4.78 is 26.0. The molecule has 2 N–H and O–H groups in total. The van der Waals surface area contributed by atoms with Crippen LogP contribution in [0.15, 0.2) is 0 Å². The molecule has 0 heterocycles. The molecule has 0 aliphatic carbocycles. The lowest BCUT2D eigenvalue weighted by Crippen LogP contribution is -2.29. The fourth-order valence-electron chi connectivity index (χ4n) is 4.14. The van der Waals surface area contributed by atoms with Gasteiger partial charge in [-0.15, -0.1) is 0 Å². The number of rotatable bonds is 27. The van der Waals surface area contributed by atoms with Gasteiger partial charge in [0.1, 0.15) is 6.61 Å². The third kappa shape index (κ3) is 27.9. The summed E-state index contributed by atoms with van der Waals surface area (Å²) in [6.45, 7) is 3.60. The van der Waals surface area contributed by atoms with E-state index in [9.17, 15) is 14.2 Å². The molecule has 0 aromatic carbocycles. The highest BCUT2D eigenvalue weighted by molar-refractivity contribution is 7.46. The summed E-state index contributed by atoms with van der Waals surface area (Å²) in [5, 5.41) is 0. The van der Waals surface area contributed by atoms with E-state index >= 15 is 0 Å². The molecule has 1 atom stereocenters. The number of carbonyl (C=O) groups excluding carboxylic acids is 2. The van der Waals surface area contributed by atoms with Gasteiger partial charge in [-0.2, -0.15) is 0 Å². The van der Waals surface area contributed by atoms with Crippen LogP contribution >= 0.6 is 7.82 Å². The Balaban J connectivity index is 4.04. The van der Waals surface area contributed by atoms with Gasteiger partial charge in [0.15, 0.2) is 6.10 Å². The van der Waals surface area contributed by atoms with Crippen LogP contribution in [-0.2, 0) is 28.2 Å². The molecule has 0 amide bonds. The second-order valence-corrected chi connectivity index (χ2v) is 11.3. The van der Waals surface area contributed by atoms with Crippen LogP contribution in [-0.4, -0.2) is 41.0 Å². The van der Waals surface area contributed by atoms with Gasteiger partial charge in [-0.1, -0.05) is 123 Å². The van der Waals surface area contributed by atoms with Gasteiger partial charge in [-0.3, -0.25) is 14.1 Å². The average molecular weight is 551 g/mol. The van der Waals surface area contributed by atoms with Gasteiger partial charge < -0.3 is 19.3 Å². The average Bonchev–Trinajstić information content (AvgIpc) is 2.85. The second kappa shape index (κ2) is 25.3. The molecule has 0 aliphatic heterocycles. The Morgan fingerprint density at radius 3 is 1.38 bits per heavy atom. The zero-order chi connectivity index (χ0) is 27.6. The number of esters is 2. The van der Waals surface area contributed by atoms with Crippen molar-refractivity contribution in [1.82, 2.24) is 0 Å². The maximum absolute atomic E-state index is 12.2. The monoisotopic (exact) mass is 550 g/mol. The van der Waals surface area contributed by atoms with E-state index < -0.39 is 32.5 Å². The van der Waals surface area contributed by atoms with Gasteiger partial charge in [-0.25, -0.2) is 4.57 Å². The first-order valence-corrected chi connectivity index (χ1v) is 16.4. The molecular formula is C28H55O8P. The fourth-order valence-corrected chi connectivity index (χ4v) is 4.50. The third-order valence-electron chi connectivity index (χ3n) is 6.38. The lowest BCUT2D eigenvalue weighted by atomic mass is 10.0. The normalized spacial score (nSPS) is 12.4. The summed E-state index contributed by atoms with van der Waals surface area (Å²) in [5.74, 6) is -0.888. The summed E-state index contributed by atoms with van der Waals surface area (Å²) in [4.78, 5) is 42.2. The molecule has 0 saturated heterocycles. The van der Waals surface area contributed by atoms with Crippen LogP contribution in [0, 0.1) is 0 Å². The van der Waals surface area contributed by atoms with E-state index in [1.54, 1.807) is 0 Å². The molecule has 0 aromatic heterocycles. The molecule has 0 spiro atoms. The molecule has 1 unspecified atom stereocenters. The fraction of sp³-hybridized carbons (Fsp3) is 0.929. The molecule has 220 valence electrons. The number of hydrogen-bond donors (Lipinski definition) is 2. The predicted octanol–water partition coefficient (Wildman–Crippen LogP) is 7.78. The number of carbonyl (C=O) groups is 2. The Morgan fingerprint density at radius 2 is 0.973 bits per heavy atom. The Bertz CT molecular complexity index is 593. The second-order valence-electron chi connectivity index (χ2n) is 10.1. The van der Waals surface area contributed by atoms with Crippen LogP contribution in [0.2, 0.25) is 0 Å². The van der Waals surface area contributed by atoms with Gasteiger partial charge in [0, 0.05) is 12.8 Å². The van der Waals surface area contributed by atoms with Gasteiger partial charge in [-0.05, 0) is 12.8 Å². The highest BCUT2D eigenvalue weighted by Gasteiger charge is 2.22. The van der Waals surface area contributed by atoms with E-state index in [4.69, 9.17) is 19.3 Å². The topological polar surface area (TPSA) is 119 Å². The molecule has 0 bridgehead atoms. The highest BCUT2D eigenvalue weighted by atomic mass is 31.2. The van der Waals surface area contributed by atoms with Crippen molar-refractivity contribution in [2.24, 2.45) is 0 Å². The Morgan fingerprint density at radius 1 is 0.595 bits per heavy atom. The molecule has 0 radical (unpaired) electrons. The van der Waals surface area contributed by atoms with Gasteiger partial charge in [0.25, 0.3) is 0 Å². The van der Waals surface area contributed by atoms with Crippen LogP contribution in [0.4, 0.5) is 0 Å². The molecule has 0 aliphatic rings. The SMILES string of the molecule is CCCCCCCCCCCCCCC(=O)OC(COC(=O)CCCCCCCCC)COP(=O)(O)O. The standard InChI is InChI=1S/C28H55O8P/c1-3-5-7-9-11-12-13-14-15-17-19-21-23-28(30)36-26(25-35-37(31,32)33)24-34-27(29)22-20-18-16-10-8-6-4-2/h26H,3-25H2,1-2H3,(H2,31,32,33). The van der Waals surface area contributed by atoms with Crippen LogP contribution < -0.4 is 0 Å². The summed E-state index contributed by atoms with van der Waals surface area (Å²) in [7, 11) is -4.73. The minimum Gasteiger partial charge on any atom is -0.462 e. The number of ether oxygens (including phenoxy) is 2. The maximum atomic E-state index is 12.2. The van der Waals surface area contributed by atoms with Gasteiger partial charge >= 0.3 is 19.8 Å². The van der Waals surface area contributed by atoms with E-state index in [2.05, 4.69) is 18.4 Å². The maximum Gasteiger partial charge on any atom is 0.469 e. The first-order chi connectivity index (χ1) is 17.8. The van der Waals surface area contributed by atoms with E-state index in [0.29, 0.717) is 6.42 Å². The van der Waals surface area contributed by atoms with Crippen molar-refractivity contribution in [3.63, 3.8) is 0 Å². The molecule has 9 heteroatoms. The summed E-state index contributed by atoms with van der Waals surface area (Å²) in [6, 6.07) is 0. The van der Waals surface area contributed by atoms with Crippen molar-refractivity contribution in [3.05, 3.63) is 0 Å². The van der Waals surface area contributed by atoms with Crippen LogP contribution in [0.5, 0.6) is 0 Å². The number of phosphoric ester groups is 1. The van der Waals surface area contributed by atoms with Crippen LogP contribution in [0.25, 0.3) is 0 Å². The molecule has 37 heavy (non-hydrogen) atoms. The van der Waals surface area contributed by atoms with Crippen molar-refractivity contribution in [2.45, 2.75) is 155 Å². The molecular weight excluding hydrogens is 495 g/mol. The summed E-state index contributed by atoms with van der Waals surface area (Å²) in [5.41, 5.74) is 0. The highest BCUT2D eigenvalue weighted by Crippen LogP contribution is 2.35. The zero-order valence-electron chi connectivity index (χ0n) is 23.6. The molecule has 8 nitrogen and oxygen atoms in total. The lowest BCUT2D eigenvalue weighted by molar-refractivity contribution is -0.161. The van der Waals surface area contributed by atoms with Crippen LogP contribution in [0.1, 0.15) is 149 Å². The van der Waals surface area contributed by atoms with Gasteiger partial charge in [0.2, 0.25) is 0 Å². The van der Waals surface area contributed by atoms with Crippen molar-refractivity contribution in [1.29, 1.82) is 0 Å². The van der Waals surface area contributed by atoms with Crippen molar-refractivity contribution in [2.75, 3.05) is 13.2 Å². The van der Waals surface area contributed by atoms with Crippen molar-refractivity contribution in [3.8, 4) is 0 Å².